The van der Waals surface area contributed by atoms with Gasteiger partial charge in [-0.05, 0) is 33.6 Å². The maximum absolute atomic E-state index is 5.67. The SMILES string of the molecule is CC(NCc1nccn1C(C)C)C1CCCO1. The molecule has 4 heteroatoms. The fourth-order valence-electron chi connectivity index (χ4n) is 2.33. The zero-order valence-corrected chi connectivity index (χ0v) is 11.0. The van der Waals surface area contributed by atoms with Gasteiger partial charge < -0.3 is 14.6 Å². The summed E-state index contributed by atoms with van der Waals surface area (Å²) in [4.78, 5) is 4.40. The van der Waals surface area contributed by atoms with E-state index in [1.165, 1.54) is 12.8 Å². The normalized spacial score (nSPS) is 22.2. The van der Waals surface area contributed by atoms with Gasteiger partial charge in [-0.1, -0.05) is 0 Å². The van der Waals surface area contributed by atoms with E-state index >= 15 is 0 Å². The maximum atomic E-state index is 5.67. The second-order valence-corrected chi connectivity index (χ2v) is 5.07. The van der Waals surface area contributed by atoms with Crippen LogP contribution in [0.4, 0.5) is 0 Å². The fourth-order valence-corrected chi connectivity index (χ4v) is 2.33. The Bertz CT molecular complexity index is 342. The molecule has 0 spiro atoms. The van der Waals surface area contributed by atoms with Crippen molar-refractivity contribution in [3.8, 4) is 0 Å². The number of nitrogens with one attached hydrogen (secondary N) is 1. The predicted molar refractivity (Wildman–Crippen MR) is 67.9 cm³/mol. The van der Waals surface area contributed by atoms with Crippen LogP contribution >= 0.6 is 0 Å². The van der Waals surface area contributed by atoms with Gasteiger partial charge in [0, 0.05) is 31.1 Å². The van der Waals surface area contributed by atoms with Crippen molar-refractivity contribution in [3.63, 3.8) is 0 Å². The molecule has 0 aromatic carbocycles. The van der Waals surface area contributed by atoms with Gasteiger partial charge in [-0.3, -0.25) is 0 Å². The molecule has 2 rings (SSSR count). The lowest BCUT2D eigenvalue weighted by atomic mass is 10.1. The molecule has 1 saturated heterocycles. The van der Waals surface area contributed by atoms with Crippen LogP contribution in [0.3, 0.4) is 0 Å². The van der Waals surface area contributed by atoms with Gasteiger partial charge in [-0.2, -0.15) is 0 Å². The first kappa shape index (κ1) is 12.6. The van der Waals surface area contributed by atoms with Gasteiger partial charge in [0.1, 0.15) is 5.82 Å². The molecule has 1 aromatic heterocycles. The summed E-state index contributed by atoms with van der Waals surface area (Å²) in [6, 6.07) is 0.863. The van der Waals surface area contributed by atoms with Crippen LogP contribution < -0.4 is 5.32 Å². The lowest BCUT2D eigenvalue weighted by Crippen LogP contribution is -2.37. The highest BCUT2D eigenvalue weighted by molar-refractivity contribution is 4.94. The smallest absolute Gasteiger partial charge is 0.122 e. The van der Waals surface area contributed by atoms with Crippen molar-refractivity contribution in [3.05, 3.63) is 18.2 Å². The third-order valence-corrected chi connectivity index (χ3v) is 3.41. The summed E-state index contributed by atoms with van der Waals surface area (Å²) in [5, 5.41) is 3.51. The fraction of sp³-hybridized carbons (Fsp3) is 0.769. The van der Waals surface area contributed by atoms with Gasteiger partial charge in [0.05, 0.1) is 12.6 Å². The first-order chi connectivity index (χ1) is 8.18. The third-order valence-electron chi connectivity index (χ3n) is 3.41. The molecule has 1 aliphatic rings. The van der Waals surface area contributed by atoms with E-state index in [1.54, 1.807) is 0 Å². The zero-order valence-electron chi connectivity index (χ0n) is 11.0. The van der Waals surface area contributed by atoms with Crippen LogP contribution in [0.5, 0.6) is 0 Å². The van der Waals surface area contributed by atoms with Crippen LogP contribution in [0.15, 0.2) is 12.4 Å². The Morgan fingerprint density at radius 3 is 3.00 bits per heavy atom. The molecular weight excluding hydrogens is 214 g/mol. The summed E-state index contributed by atoms with van der Waals surface area (Å²) in [5.74, 6) is 1.10. The van der Waals surface area contributed by atoms with Crippen LogP contribution in [0, 0.1) is 0 Å². The van der Waals surface area contributed by atoms with E-state index < -0.39 is 0 Å². The average Bonchev–Trinajstić information content (AvgIpc) is 2.96. The number of aromatic nitrogens is 2. The Labute approximate surface area is 103 Å². The van der Waals surface area contributed by atoms with Crippen molar-refractivity contribution < 1.29 is 4.74 Å². The first-order valence-electron chi connectivity index (χ1n) is 6.55. The molecule has 1 fully saturated rings. The van der Waals surface area contributed by atoms with Crippen molar-refractivity contribution in [1.82, 2.24) is 14.9 Å². The number of imidazole rings is 1. The molecule has 0 bridgehead atoms. The highest BCUT2D eigenvalue weighted by atomic mass is 16.5. The molecule has 2 atom stereocenters. The second kappa shape index (κ2) is 5.65. The van der Waals surface area contributed by atoms with Crippen LogP contribution in [-0.4, -0.2) is 28.3 Å². The van der Waals surface area contributed by atoms with Gasteiger partial charge in [0.25, 0.3) is 0 Å². The topological polar surface area (TPSA) is 39.1 Å². The molecule has 0 amide bonds. The predicted octanol–water partition coefficient (Wildman–Crippen LogP) is 2.12. The van der Waals surface area contributed by atoms with Gasteiger partial charge in [-0.15, -0.1) is 0 Å². The molecule has 0 aliphatic carbocycles. The molecule has 1 aromatic rings. The van der Waals surface area contributed by atoms with Crippen molar-refractivity contribution in [1.29, 1.82) is 0 Å². The number of rotatable bonds is 5. The van der Waals surface area contributed by atoms with E-state index in [2.05, 4.69) is 35.6 Å². The summed E-state index contributed by atoms with van der Waals surface area (Å²) in [6.07, 6.45) is 6.65. The first-order valence-corrected chi connectivity index (χ1v) is 6.55. The minimum Gasteiger partial charge on any atom is -0.377 e. The lowest BCUT2D eigenvalue weighted by molar-refractivity contribution is 0.0828. The molecule has 0 saturated carbocycles. The molecule has 1 aliphatic heterocycles. The molecule has 2 unspecified atom stereocenters. The number of hydrogen-bond acceptors (Lipinski definition) is 3. The van der Waals surface area contributed by atoms with Crippen LogP contribution in [0.2, 0.25) is 0 Å². The van der Waals surface area contributed by atoms with Gasteiger partial charge in [0.15, 0.2) is 0 Å². The van der Waals surface area contributed by atoms with Crippen molar-refractivity contribution >= 4 is 0 Å². The Hall–Kier alpha value is -0.870. The van der Waals surface area contributed by atoms with Crippen molar-refractivity contribution in [2.75, 3.05) is 6.61 Å². The Balaban J connectivity index is 1.86. The number of ether oxygens (including phenoxy) is 1. The Kier molecular flexibility index (Phi) is 4.18. The molecular formula is C13H23N3O. The molecule has 0 radical (unpaired) electrons. The molecule has 1 N–H and O–H groups in total. The van der Waals surface area contributed by atoms with E-state index in [0.717, 1.165) is 19.0 Å². The highest BCUT2D eigenvalue weighted by Crippen LogP contribution is 2.16. The Morgan fingerprint density at radius 1 is 1.53 bits per heavy atom. The number of nitrogens with zero attached hydrogens (tertiary/aromatic N) is 2. The minimum atomic E-state index is 0.373. The van der Waals surface area contributed by atoms with Crippen molar-refractivity contribution in [2.24, 2.45) is 0 Å². The maximum Gasteiger partial charge on any atom is 0.122 e. The lowest BCUT2D eigenvalue weighted by Gasteiger charge is -2.20. The van der Waals surface area contributed by atoms with Gasteiger partial charge in [-0.25, -0.2) is 4.98 Å². The quantitative estimate of drug-likeness (QED) is 0.852. The third kappa shape index (κ3) is 3.07. The van der Waals surface area contributed by atoms with E-state index in [4.69, 9.17) is 4.74 Å². The molecule has 4 nitrogen and oxygen atoms in total. The van der Waals surface area contributed by atoms with E-state index in [9.17, 15) is 0 Å². The number of hydrogen-bond donors (Lipinski definition) is 1. The summed E-state index contributed by atoms with van der Waals surface area (Å²) in [5.41, 5.74) is 0. The second-order valence-electron chi connectivity index (χ2n) is 5.07. The summed E-state index contributed by atoms with van der Waals surface area (Å²) in [6.45, 7) is 8.27. The molecule has 2 heterocycles. The van der Waals surface area contributed by atoms with Gasteiger partial charge in [0.2, 0.25) is 0 Å². The van der Waals surface area contributed by atoms with Crippen LogP contribution in [-0.2, 0) is 11.3 Å². The van der Waals surface area contributed by atoms with E-state index in [0.29, 0.717) is 18.2 Å². The van der Waals surface area contributed by atoms with E-state index in [1.807, 2.05) is 12.4 Å². The van der Waals surface area contributed by atoms with E-state index in [-0.39, 0.29) is 0 Å². The van der Waals surface area contributed by atoms with Crippen LogP contribution in [0.1, 0.15) is 45.5 Å². The highest BCUT2D eigenvalue weighted by Gasteiger charge is 2.22. The zero-order chi connectivity index (χ0) is 12.3. The monoisotopic (exact) mass is 237 g/mol. The standard InChI is InChI=1S/C13H23N3O/c1-10(2)16-7-6-14-13(16)9-15-11(3)12-5-4-8-17-12/h6-7,10-12,15H,4-5,8-9H2,1-3H3. The summed E-state index contributed by atoms with van der Waals surface area (Å²) < 4.78 is 7.88. The minimum absolute atomic E-state index is 0.373. The molecule has 17 heavy (non-hydrogen) atoms. The van der Waals surface area contributed by atoms with Crippen molar-refractivity contribution in [2.45, 2.75) is 58.3 Å². The summed E-state index contributed by atoms with van der Waals surface area (Å²) in [7, 11) is 0. The summed E-state index contributed by atoms with van der Waals surface area (Å²) >= 11 is 0. The van der Waals surface area contributed by atoms with Gasteiger partial charge >= 0.3 is 0 Å². The Morgan fingerprint density at radius 2 is 2.35 bits per heavy atom. The molecule has 96 valence electrons. The average molecular weight is 237 g/mol. The van der Waals surface area contributed by atoms with Crippen LogP contribution in [0.25, 0.3) is 0 Å². The largest absolute Gasteiger partial charge is 0.377 e.